The van der Waals surface area contributed by atoms with Gasteiger partial charge < -0.3 is 9.84 Å². The van der Waals surface area contributed by atoms with Gasteiger partial charge in [0, 0.05) is 6.72 Å². The molecular weight excluding hydrogens is 234 g/mol. The number of hydrogen-bond acceptors (Lipinski definition) is 5. The highest BCUT2D eigenvalue weighted by molar-refractivity contribution is 5.70. The zero-order valence-electron chi connectivity index (χ0n) is 10.6. The van der Waals surface area contributed by atoms with E-state index in [1.807, 2.05) is 18.4 Å². The number of aliphatic hydroxyl groups excluding tert-OH is 1. The smallest absolute Gasteiger partial charge is 0.409 e. The van der Waals surface area contributed by atoms with Gasteiger partial charge in [0.1, 0.15) is 12.0 Å². The molecule has 1 rings (SSSR count). The van der Waals surface area contributed by atoms with Crippen LogP contribution in [0.4, 0.5) is 4.79 Å². The highest BCUT2D eigenvalue weighted by Gasteiger charge is 1.99. The summed E-state index contributed by atoms with van der Waals surface area (Å²) in [6, 6.07) is 8.70. The maximum atomic E-state index is 10.7. The van der Waals surface area contributed by atoms with Crippen LogP contribution < -0.4 is 15.5 Å². The topological polar surface area (TPSA) is 83.0 Å². The van der Waals surface area contributed by atoms with Gasteiger partial charge in [-0.1, -0.05) is 25.1 Å². The molecule has 0 spiro atoms. The third-order valence-corrected chi connectivity index (χ3v) is 1.84. The lowest BCUT2D eigenvalue weighted by molar-refractivity contribution is 0.143. The van der Waals surface area contributed by atoms with Crippen molar-refractivity contribution in [3.05, 3.63) is 30.3 Å². The summed E-state index contributed by atoms with van der Waals surface area (Å²) in [7, 11) is 1.73. The molecule has 0 aliphatic rings. The number of rotatable bonds is 4. The molecule has 0 aromatic heterocycles. The lowest BCUT2D eigenvalue weighted by Crippen LogP contribution is -2.22. The van der Waals surface area contributed by atoms with Crippen molar-refractivity contribution >= 4 is 12.8 Å². The second-order valence-corrected chi connectivity index (χ2v) is 3.19. The third kappa shape index (κ3) is 8.26. The first kappa shape index (κ1) is 16.1. The third-order valence-electron chi connectivity index (χ3n) is 1.84. The Hall–Kier alpha value is -1.92. The van der Waals surface area contributed by atoms with Crippen LogP contribution in [-0.2, 0) is 0 Å². The van der Waals surface area contributed by atoms with Crippen molar-refractivity contribution in [3.8, 4) is 5.75 Å². The molecule has 1 unspecified atom stereocenters. The second kappa shape index (κ2) is 10.2. The molecule has 0 saturated heterocycles. The monoisotopic (exact) mass is 253 g/mol. The maximum Gasteiger partial charge on any atom is 0.433 e. The van der Waals surface area contributed by atoms with Gasteiger partial charge in [0.2, 0.25) is 0 Å². The summed E-state index contributed by atoms with van der Waals surface area (Å²) in [5.74, 6) is 0.471. The molecule has 100 valence electrons. The van der Waals surface area contributed by atoms with E-state index >= 15 is 0 Å². The zero-order valence-corrected chi connectivity index (χ0v) is 10.6. The molecule has 18 heavy (non-hydrogen) atoms. The molecule has 0 aliphatic heterocycles. The van der Waals surface area contributed by atoms with Crippen LogP contribution in [0.1, 0.15) is 13.3 Å². The van der Waals surface area contributed by atoms with Gasteiger partial charge in [-0.3, -0.25) is 5.32 Å². The van der Waals surface area contributed by atoms with E-state index in [4.69, 9.17) is 9.84 Å². The Morgan fingerprint density at radius 1 is 1.50 bits per heavy atom. The van der Waals surface area contributed by atoms with Crippen LogP contribution in [-0.4, -0.2) is 31.2 Å². The Morgan fingerprint density at radius 3 is 2.50 bits per heavy atom. The minimum Gasteiger partial charge on any atom is -0.409 e. The van der Waals surface area contributed by atoms with Gasteiger partial charge in [-0.15, -0.1) is 0 Å². The number of ether oxygens (including phenoxy) is 1. The fourth-order valence-corrected chi connectivity index (χ4v) is 0.887. The van der Waals surface area contributed by atoms with Gasteiger partial charge >= 0.3 is 6.09 Å². The Bertz CT molecular complexity index is 340. The highest BCUT2D eigenvalue weighted by atomic mass is 16.6. The SMILES string of the molecule is C=NNC(=O)Oc1ccccc1.CCC(O)NC. The molecule has 1 amide bonds. The number of nitrogens with zero attached hydrogens (tertiary/aromatic N) is 1. The number of aliphatic hydroxyl groups is 1. The second-order valence-electron chi connectivity index (χ2n) is 3.19. The molecule has 0 heterocycles. The van der Waals surface area contributed by atoms with Gasteiger partial charge in [-0.2, -0.15) is 5.10 Å². The van der Waals surface area contributed by atoms with Crippen molar-refractivity contribution in [3.63, 3.8) is 0 Å². The van der Waals surface area contributed by atoms with Crippen molar-refractivity contribution in [2.24, 2.45) is 5.10 Å². The predicted molar refractivity (Wildman–Crippen MR) is 70.5 cm³/mol. The summed E-state index contributed by atoms with van der Waals surface area (Å²) in [6.45, 7) is 5.00. The summed E-state index contributed by atoms with van der Waals surface area (Å²) in [5.41, 5.74) is 2.05. The van der Waals surface area contributed by atoms with Crippen molar-refractivity contribution in [2.75, 3.05) is 7.05 Å². The van der Waals surface area contributed by atoms with Gasteiger partial charge in [0.25, 0.3) is 0 Å². The fraction of sp³-hybridized carbons (Fsp3) is 0.333. The van der Waals surface area contributed by atoms with Gasteiger partial charge in [-0.25, -0.2) is 10.2 Å². The Labute approximate surface area is 107 Å². The van der Waals surface area contributed by atoms with Crippen LogP contribution in [0.2, 0.25) is 0 Å². The van der Waals surface area contributed by atoms with E-state index in [2.05, 4.69) is 17.1 Å². The number of hydrogen-bond donors (Lipinski definition) is 3. The molecule has 0 saturated carbocycles. The molecule has 1 atom stereocenters. The first-order valence-electron chi connectivity index (χ1n) is 5.48. The molecule has 0 radical (unpaired) electrons. The number of hydrazone groups is 1. The van der Waals surface area contributed by atoms with Crippen LogP contribution in [0.5, 0.6) is 5.75 Å². The summed E-state index contributed by atoms with van der Waals surface area (Å²) in [5, 5.41) is 14.4. The minimum atomic E-state index is -0.642. The van der Waals surface area contributed by atoms with Gasteiger partial charge in [-0.05, 0) is 25.6 Å². The average Bonchev–Trinajstić information content (AvgIpc) is 2.40. The maximum absolute atomic E-state index is 10.7. The summed E-state index contributed by atoms with van der Waals surface area (Å²) >= 11 is 0. The highest BCUT2D eigenvalue weighted by Crippen LogP contribution is 2.07. The first-order chi connectivity index (χ1) is 8.63. The average molecular weight is 253 g/mol. The normalized spacial score (nSPS) is 10.6. The van der Waals surface area contributed by atoms with Crippen LogP contribution in [0, 0.1) is 0 Å². The zero-order chi connectivity index (χ0) is 13.8. The standard InChI is InChI=1S/C8H8N2O2.C4H11NO/c1-9-10-8(11)12-7-5-3-2-4-6-7;1-3-4(6)5-2/h2-6H,1H2,(H,10,11);4-6H,3H2,1-2H3. The Balaban J connectivity index is 0.000000411. The number of carbonyl (C=O) groups is 1. The van der Waals surface area contributed by atoms with E-state index in [1.165, 1.54) is 0 Å². The van der Waals surface area contributed by atoms with Crippen molar-refractivity contribution < 1.29 is 14.6 Å². The van der Waals surface area contributed by atoms with Crippen molar-refractivity contribution in [1.82, 2.24) is 10.7 Å². The minimum absolute atomic E-state index is 0.315. The predicted octanol–water partition coefficient (Wildman–Crippen LogP) is 1.32. The molecule has 0 fully saturated rings. The van der Waals surface area contributed by atoms with Crippen LogP contribution in [0.3, 0.4) is 0 Å². The molecule has 1 aromatic carbocycles. The molecule has 6 nitrogen and oxygen atoms in total. The molecule has 0 aliphatic carbocycles. The van der Waals surface area contributed by atoms with Crippen LogP contribution in [0.25, 0.3) is 0 Å². The van der Waals surface area contributed by atoms with Crippen molar-refractivity contribution in [2.45, 2.75) is 19.6 Å². The molecule has 0 bridgehead atoms. The van der Waals surface area contributed by atoms with E-state index < -0.39 is 6.09 Å². The lowest BCUT2D eigenvalue weighted by Gasteiger charge is -2.01. The van der Waals surface area contributed by atoms with Crippen molar-refractivity contribution in [1.29, 1.82) is 0 Å². The fourth-order valence-electron chi connectivity index (χ4n) is 0.887. The van der Waals surface area contributed by atoms with Gasteiger partial charge in [0.15, 0.2) is 0 Å². The largest absolute Gasteiger partial charge is 0.433 e. The number of nitrogens with one attached hydrogen (secondary N) is 2. The summed E-state index contributed by atoms with van der Waals surface area (Å²) in [6.07, 6.45) is -0.183. The molecule has 3 N–H and O–H groups in total. The van der Waals surface area contributed by atoms with Crippen LogP contribution >= 0.6 is 0 Å². The number of carbonyl (C=O) groups excluding carboxylic acids is 1. The molecule has 6 heteroatoms. The number of amides is 1. The Kier molecular flexibility index (Phi) is 9.15. The van der Waals surface area contributed by atoms with Gasteiger partial charge in [0.05, 0.1) is 0 Å². The van der Waals surface area contributed by atoms with Crippen LogP contribution in [0.15, 0.2) is 35.4 Å². The number of benzene rings is 1. The molecular formula is C12H19N3O3. The number of para-hydroxylation sites is 1. The van der Waals surface area contributed by atoms with E-state index in [9.17, 15) is 4.79 Å². The van der Waals surface area contributed by atoms with E-state index in [1.54, 1.807) is 31.3 Å². The van der Waals surface area contributed by atoms with E-state index in [-0.39, 0.29) is 6.23 Å². The molecule has 1 aromatic rings. The summed E-state index contributed by atoms with van der Waals surface area (Å²) < 4.78 is 4.77. The first-order valence-corrected chi connectivity index (χ1v) is 5.48. The quantitative estimate of drug-likeness (QED) is 0.429. The Morgan fingerprint density at radius 2 is 2.11 bits per heavy atom. The summed E-state index contributed by atoms with van der Waals surface area (Å²) in [4.78, 5) is 10.7. The van der Waals surface area contributed by atoms with E-state index in [0.717, 1.165) is 6.42 Å². The lowest BCUT2D eigenvalue weighted by atomic mass is 10.3. The van der Waals surface area contributed by atoms with E-state index in [0.29, 0.717) is 5.75 Å².